The minimum Gasteiger partial charge on any atom is -0.306 e. The van der Waals surface area contributed by atoms with E-state index in [9.17, 15) is 0 Å². The van der Waals surface area contributed by atoms with Gasteiger partial charge in [-0.3, -0.25) is 4.98 Å². The fraction of sp³-hybridized carbons (Fsp3) is 0.227. The third kappa shape index (κ3) is 3.39. The molecule has 2 nitrogen and oxygen atoms in total. The second-order valence-corrected chi connectivity index (χ2v) is 6.55. The van der Waals surface area contributed by atoms with Crippen molar-refractivity contribution in [3.8, 4) is 0 Å². The smallest absolute Gasteiger partial charge is 0.0577 e. The predicted octanol–water partition coefficient (Wildman–Crippen LogP) is 4.56. The molecule has 0 unspecified atom stereocenters. The Morgan fingerprint density at radius 2 is 1.46 bits per heavy atom. The van der Waals surface area contributed by atoms with E-state index in [-0.39, 0.29) is 6.04 Å². The van der Waals surface area contributed by atoms with E-state index in [1.165, 1.54) is 23.1 Å². The lowest BCUT2D eigenvalue weighted by molar-refractivity contribution is 0.566. The molecule has 1 fully saturated rings. The Balaban J connectivity index is 1.46. The summed E-state index contributed by atoms with van der Waals surface area (Å²) in [6.45, 7) is 1.04. The molecule has 0 bridgehead atoms. The molecular weight excluding hydrogens is 292 g/mol. The molecule has 0 aliphatic heterocycles. The van der Waals surface area contributed by atoms with Gasteiger partial charge in [0.15, 0.2) is 0 Å². The van der Waals surface area contributed by atoms with E-state index in [1.54, 1.807) is 0 Å². The van der Waals surface area contributed by atoms with Crippen LogP contribution in [0.2, 0.25) is 0 Å². The highest BCUT2D eigenvalue weighted by Gasteiger charge is 2.38. The third-order valence-corrected chi connectivity index (χ3v) is 4.91. The van der Waals surface area contributed by atoms with Gasteiger partial charge in [-0.15, -0.1) is 0 Å². The molecule has 24 heavy (non-hydrogen) atoms. The van der Waals surface area contributed by atoms with Crippen LogP contribution in [0.4, 0.5) is 0 Å². The summed E-state index contributed by atoms with van der Waals surface area (Å²) in [7, 11) is 0. The van der Waals surface area contributed by atoms with Gasteiger partial charge >= 0.3 is 0 Å². The fourth-order valence-corrected chi connectivity index (χ4v) is 3.48. The quantitative estimate of drug-likeness (QED) is 0.721. The lowest BCUT2D eigenvalue weighted by Gasteiger charge is -2.20. The highest BCUT2D eigenvalue weighted by molar-refractivity contribution is 5.31. The molecule has 1 heterocycles. The first-order valence-corrected chi connectivity index (χ1v) is 8.65. The third-order valence-electron chi connectivity index (χ3n) is 4.91. The molecule has 1 N–H and O–H groups in total. The lowest BCUT2D eigenvalue weighted by Crippen LogP contribution is -2.25. The summed E-state index contributed by atoms with van der Waals surface area (Å²) >= 11 is 0. The van der Waals surface area contributed by atoms with Crippen molar-refractivity contribution in [2.24, 2.45) is 5.92 Å². The molecule has 120 valence electrons. The number of nitrogens with zero attached hydrogens (tertiary/aromatic N) is 1. The Labute approximate surface area is 143 Å². The van der Waals surface area contributed by atoms with Crippen LogP contribution in [0.5, 0.6) is 0 Å². The molecule has 0 spiro atoms. The molecule has 1 aromatic heterocycles. The van der Waals surface area contributed by atoms with E-state index < -0.39 is 0 Å². The number of nitrogens with one attached hydrogen (secondary N) is 1. The Bertz CT molecular complexity index is 716. The predicted molar refractivity (Wildman–Crippen MR) is 97.8 cm³/mol. The lowest BCUT2D eigenvalue weighted by atomic mass is 9.99. The van der Waals surface area contributed by atoms with Gasteiger partial charge in [0, 0.05) is 12.4 Å². The summed E-state index contributed by atoms with van der Waals surface area (Å²) in [6.07, 6.45) is 5.03. The summed E-state index contributed by atoms with van der Waals surface area (Å²) < 4.78 is 0. The average Bonchev–Trinajstić information content (AvgIpc) is 3.44. The van der Waals surface area contributed by atoms with Crippen LogP contribution in [0.1, 0.15) is 35.1 Å². The number of aromatic nitrogens is 1. The van der Waals surface area contributed by atoms with Crippen molar-refractivity contribution >= 4 is 0 Å². The highest BCUT2D eigenvalue weighted by atomic mass is 14.9. The molecular formula is C22H22N2. The number of rotatable bonds is 6. The van der Waals surface area contributed by atoms with Crippen LogP contribution in [0.3, 0.4) is 0 Å². The molecule has 1 aliphatic rings. The topological polar surface area (TPSA) is 24.9 Å². The van der Waals surface area contributed by atoms with Gasteiger partial charge in [-0.1, -0.05) is 60.7 Å². The van der Waals surface area contributed by atoms with Crippen LogP contribution in [-0.2, 0) is 0 Å². The van der Waals surface area contributed by atoms with Gasteiger partial charge in [0.25, 0.3) is 0 Å². The molecule has 4 rings (SSSR count). The summed E-state index contributed by atoms with van der Waals surface area (Å²) in [5, 5.41) is 3.79. The van der Waals surface area contributed by atoms with Gasteiger partial charge in [-0.2, -0.15) is 0 Å². The molecule has 2 heteroatoms. The summed E-state index contributed by atoms with van der Waals surface area (Å²) in [5.74, 6) is 1.45. The molecule has 0 amide bonds. The summed E-state index contributed by atoms with van der Waals surface area (Å²) in [6, 6.07) is 26.0. The molecule has 1 aliphatic carbocycles. The Kier molecular flexibility index (Phi) is 4.39. The zero-order valence-corrected chi connectivity index (χ0v) is 13.7. The van der Waals surface area contributed by atoms with E-state index in [0.717, 1.165) is 12.5 Å². The number of pyridine rings is 1. The van der Waals surface area contributed by atoms with Gasteiger partial charge in [0.05, 0.1) is 6.04 Å². The monoisotopic (exact) mass is 314 g/mol. The average molecular weight is 314 g/mol. The van der Waals surface area contributed by atoms with E-state index in [4.69, 9.17) is 0 Å². The van der Waals surface area contributed by atoms with E-state index >= 15 is 0 Å². The van der Waals surface area contributed by atoms with Crippen LogP contribution < -0.4 is 5.32 Å². The maximum Gasteiger partial charge on any atom is 0.0577 e. The van der Waals surface area contributed by atoms with Crippen molar-refractivity contribution in [1.82, 2.24) is 10.3 Å². The largest absolute Gasteiger partial charge is 0.306 e. The number of hydrogen-bond donors (Lipinski definition) is 1. The normalized spacial score (nSPS) is 20.5. The molecule has 3 aromatic rings. The van der Waals surface area contributed by atoms with E-state index in [0.29, 0.717) is 5.92 Å². The van der Waals surface area contributed by atoms with E-state index in [2.05, 4.69) is 83.1 Å². The van der Waals surface area contributed by atoms with Gasteiger partial charge in [-0.25, -0.2) is 0 Å². The van der Waals surface area contributed by atoms with Crippen molar-refractivity contribution in [3.05, 3.63) is 102 Å². The second kappa shape index (κ2) is 6.98. The maximum atomic E-state index is 4.15. The Hall–Kier alpha value is -2.45. The Morgan fingerprint density at radius 3 is 2.17 bits per heavy atom. The minimum atomic E-state index is 0.228. The SMILES string of the molecule is c1ccc([C@H](NC[C@@H]2C[C@@H]2c2ccccc2)c2ccncc2)cc1. The summed E-state index contributed by atoms with van der Waals surface area (Å²) in [4.78, 5) is 4.15. The highest BCUT2D eigenvalue weighted by Crippen LogP contribution is 2.47. The zero-order valence-electron chi connectivity index (χ0n) is 13.7. The first-order valence-electron chi connectivity index (χ1n) is 8.65. The van der Waals surface area contributed by atoms with Crippen LogP contribution in [0.15, 0.2) is 85.2 Å². The standard InChI is InChI=1S/C22H22N2/c1-3-7-17(8-4-1)21-15-20(21)16-24-22(18-9-5-2-6-10-18)19-11-13-23-14-12-19/h1-14,20-22,24H,15-16H2/t20-,21+,22-/m0/s1. The second-order valence-electron chi connectivity index (χ2n) is 6.55. The zero-order chi connectivity index (χ0) is 16.2. The number of hydrogen-bond acceptors (Lipinski definition) is 2. The van der Waals surface area contributed by atoms with Crippen molar-refractivity contribution in [1.29, 1.82) is 0 Å². The molecule has 3 atom stereocenters. The Morgan fingerprint density at radius 1 is 0.833 bits per heavy atom. The number of benzene rings is 2. The van der Waals surface area contributed by atoms with Gasteiger partial charge in [0.2, 0.25) is 0 Å². The minimum absolute atomic E-state index is 0.228. The van der Waals surface area contributed by atoms with Crippen LogP contribution in [0.25, 0.3) is 0 Å². The van der Waals surface area contributed by atoms with Crippen LogP contribution in [-0.4, -0.2) is 11.5 Å². The first kappa shape index (κ1) is 15.1. The maximum absolute atomic E-state index is 4.15. The molecule has 0 saturated heterocycles. The van der Waals surface area contributed by atoms with Crippen molar-refractivity contribution < 1.29 is 0 Å². The van der Waals surface area contributed by atoms with Gasteiger partial charge in [-0.05, 0) is 53.6 Å². The fourth-order valence-electron chi connectivity index (χ4n) is 3.48. The van der Waals surface area contributed by atoms with Gasteiger partial charge in [0.1, 0.15) is 0 Å². The molecule has 1 saturated carbocycles. The van der Waals surface area contributed by atoms with Crippen molar-refractivity contribution in [2.45, 2.75) is 18.4 Å². The van der Waals surface area contributed by atoms with Crippen LogP contribution >= 0.6 is 0 Å². The van der Waals surface area contributed by atoms with Gasteiger partial charge < -0.3 is 5.32 Å². The molecule has 0 radical (unpaired) electrons. The van der Waals surface area contributed by atoms with Crippen LogP contribution in [0, 0.1) is 5.92 Å². The van der Waals surface area contributed by atoms with Crippen molar-refractivity contribution in [2.75, 3.05) is 6.54 Å². The summed E-state index contributed by atoms with van der Waals surface area (Å²) in [5.41, 5.74) is 4.05. The molecule has 2 aromatic carbocycles. The van der Waals surface area contributed by atoms with E-state index in [1.807, 2.05) is 12.4 Å². The van der Waals surface area contributed by atoms with Crippen molar-refractivity contribution in [3.63, 3.8) is 0 Å². The first-order chi connectivity index (χ1) is 11.9.